The lowest BCUT2D eigenvalue weighted by Gasteiger charge is -2.29. The van der Waals surface area contributed by atoms with Crippen LogP contribution in [0.15, 0.2) is 30.5 Å². The molecule has 37 heavy (non-hydrogen) atoms. The van der Waals surface area contributed by atoms with Crippen molar-refractivity contribution in [1.82, 2.24) is 19.7 Å². The third kappa shape index (κ3) is 5.48. The van der Waals surface area contributed by atoms with Crippen LogP contribution < -0.4 is 5.32 Å². The van der Waals surface area contributed by atoms with Gasteiger partial charge in [0.2, 0.25) is 5.28 Å². The van der Waals surface area contributed by atoms with E-state index in [4.69, 9.17) is 21.1 Å². The molecule has 2 unspecified atom stereocenters. The highest BCUT2D eigenvalue weighted by Gasteiger charge is 2.48. The molecule has 16 heteroatoms. The number of aliphatic hydroxyl groups excluding tert-OH is 3. The van der Waals surface area contributed by atoms with Crippen molar-refractivity contribution < 1.29 is 43.5 Å². The first-order valence-corrected chi connectivity index (χ1v) is 13.1. The Kier molecular flexibility index (Phi) is 7.87. The molecule has 0 spiro atoms. The number of aliphatic hydroxyl groups is 3. The fourth-order valence-electron chi connectivity index (χ4n) is 3.79. The Bertz CT molecular complexity index is 1310. The lowest BCUT2D eigenvalue weighted by Crippen LogP contribution is -2.39. The van der Waals surface area contributed by atoms with Gasteiger partial charge in [0.25, 0.3) is 0 Å². The second kappa shape index (κ2) is 10.5. The van der Waals surface area contributed by atoms with E-state index < -0.39 is 50.7 Å². The standard InChI is InChI=1S/C21H26ClFN5O8P/c1-10(11-3-5-12(23)6-4-11)25-17-13-7-24-28(18(13)27-20(22)26-17)19-16(31)15(30)14(36-19)8-35-21(2,9-29)37(32,33)34/h3-7,10,14-16,19,29-31H,8-9H2,1-2H3,(H,25,26,27)(H2,32,33,34)/t10?,14-,15-,16-,19-,21?/m1/s1. The molecule has 0 aliphatic carbocycles. The van der Waals surface area contributed by atoms with Crippen molar-refractivity contribution in [3.63, 3.8) is 0 Å². The average molecular weight is 562 g/mol. The molecule has 1 aliphatic rings. The Balaban J connectivity index is 1.57. The molecule has 3 heterocycles. The lowest BCUT2D eigenvalue weighted by atomic mass is 10.1. The molecule has 1 aromatic carbocycles. The second-order valence-electron chi connectivity index (χ2n) is 8.82. The highest BCUT2D eigenvalue weighted by atomic mass is 35.5. The van der Waals surface area contributed by atoms with Gasteiger partial charge in [0.15, 0.2) is 17.2 Å². The maximum Gasteiger partial charge on any atom is 0.359 e. The zero-order chi connectivity index (χ0) is 27.1. The molecule has 0 saturated carbocycles. The Hall–Kier alpha value is -2.26. The molecule has 6 atom stereocenters. The summed E-state index contributed by atoms with van der Waals surface area (Å²) in [5, 5.41) is 36.0. The quantitative estimate of drug-likeness (QED) is 0.162. The monoisotopic (exact) mass is 561 g/mol. The minimum Gasteiger partial charge on any atom is -0.393 e. The van der Waals surface area contributed by atoms with Crippen LogP contribution in [-0.4, -0.2) is 81.7 Å². The number of nitrogens with one attached hydrogen (secondary N) is 1. The number of halogens is 2. The molecule has 0 amide bonds. The highest BCUT2D eigenvalue weighted by molar-refractivity contribution is 7.53. The van der Waals surface area contributed by atoms with Crippen molar-refractivity contribution in [2.45, 2.75) is 49.8 Å². The fraction of sp³-hybridized carbons (Fsp3) is 0.476. The van der Waals surface area contributed by atoms with Gasteiger partial charge in [0, 0.05) is 6.04 Å². The molecule has 0 radical (unpaired) electrons. The van der Waals surface area contributed by atoms with Crippen LogP contribution in [0.25, 0.3) is 11.0 Å². The van der Waals surface area contributed by atoms with Crippen molar-refractivity contribution in [2.75, 3.05) is 18.5 Å². The van der Waals surface area contributed by atoms with Crippen LogP contribution in [0.4, 0.5) is 10.2 Å². The summed E-state index contributed by atoms with van der Waals surface area (Å²) >= 11 is 6.14. The summed E-state index contributed by atoms with van der Waals surface area (Å²) in [6.07, 6.45) is -4.10. The van der Waals surface area contributed by atoms with Crippen LogP contribution in [-0.2, 0) is 14.0 Å². The maximum atomic E-state index is 13.3. The second-order valence-corrected chi connectivity index (χ2v) is 11.2. The average Bonchev–Trinajstić information content (AvgIpc) is 3.38. The van der Waals surface area contributed by atoms with E-state index in [0.717, 1.165) is 12.5 Å². The Labute approximate surface area is 215 Å². The van der Waals surface area contributed by atoms with Crippen LogP contribution >= 0.6 is 19.2 Å². The molecular formula is C21H26ClFN5O8P. The number of hydrogen-bond donors (Lipinski definition) is 6. The van der Waals surface area contributed by atoms with E-state index in [2.05, 4.69) is 20.4 Å². The molecule has 6 N–H and O–H groups in total. The summed E-state index contributed by atoms with van der Waals surface area (Å²) < 4.78 is 37.1. The van der Waals surface area contributed by atoms with Crippen LogP contribution in [0.1, 0.15) is 31.7 Å². The summed E-state index contributed by atoms with van der Waals surface area (Å²) in [5.74, 6) is -0.0558. The van der Waals surface area contributed by atoms with Crippen molar-refractivity contribution in [3.05, 3.63) is 47.1 Å². The van der Waals surface area contributed by atoms with E-state index in [1.54, 1.807) is 12.1 Å². The van der Waals surface area contributed by atoms with Gasteiger partial charge in [-0.1, -0.05) is 12.1 Å². The molecular weight excluding hydrogens is 536 g/mol. The predicted octanol–water partition coefficient (Wildman–Crippen LogP) is 1.31. The van der Waals surface area contributed by atoms with E-state index in [0.29, 0.717) is 11.2 Å². The highest BCUT2D eigenvalue weighted by Crippen LogP contribution is 2.51. The van der Waals surface area contributed by atoms with Crippen LogP contribution in [0.3, 0.4) is 0 Å². The number of fused-ring (bicyclic) bond motifs is 1. The van der Waals surface area contributed by atoms with Crippen LogP contribution in [0, 0.1) is 5.82 Å². The molecule has 13 nitrogen and oxygen atoms in total. The summed E-state index contributed by atoms with van der Waals surface area (Å²) in [6, 6.07) is 5.61. The van der Waals surface area contributed by atoms with Gasteiger partial charge in [-0.15, -0.1) is 0 Å². The zero-order valence-corrected chi connectivity index (χ0v) is 21.3. The number of anilines is 1. The maximum absolute atomic E-state index is 13.3. The molecule has 0 bridgehead atoms. The molecule has 202 valence electrons. The largest absolute Gasteiger partial charge is 0.393 e. The first-order chi connectivity index (χ1) is 17.3. The van der Waals surface area contributed by atoms with E-state index in [1.165, 1.54) is 23.0 Å². The van der Waals surface area contributed by atoms with E-state index in [9.17, 15) is 34.1 Å². The van der Waals surface area contributed by atoms with E-state index in [-0.39, 0.29) is 22.8 Å². The van der Waals surface area contributed by atoms with Crippen LogP contribution in [0.2, 0.25) is 5.28 Å². The molecule has 2 aromatic heterocycles. The lowest BCUT2D eigenvalue weighted by molar-refractivity contribution is -0.104. The number of ether oxygens (including phenoxy) is 2. The molecule has 1 saturated heterocycles. The van der Waals surface area contributed by atoms with Gasteiger partial charge in [0.05, 0.1) is 24.8 Å². The van der Waals surface area contributed by atoms with Gasteiger partial charge < -0.3 is 39.9 Å². The molecule has 3 aromatic rings. The molecule has 1 fully saturated rings. The summed E-state index contributed by atoms with van der Waals surface area (Å²) in [5.41, 5.74) is 0.949. The third-order valence-electron chi connectivity index (χ3n) is 6.20. The zero-order valence-electron chi connectivity index (χ0n) is 19.6. The van der Waals surface area contributed by atoms with Gasteiger partial charge >= 0.3 is 7.60 Å². The minimum atomic E-state index is -4.87. The number of hydrogen-bond acceptors (Lipinski definition) is 10. The Morgan fingerprint density at radius 1 is 1.27 bits per heavy atom. The first-order valence-electron chi connectivity index (χ1n) is 11.1. The third-order valence-corrected chi connectivity index (χ3v) is 7.87. The Morgan fingerprint density at radius 3 is 2.57 bits per heavy atom. The topological polar surface area (TPSA) is 192 Å². The Morgan fingerprint density at radius 2 is 1.95 bits per heavy atom. The smallest absolute Gasteiger partial charge is 0.359 e. The minimum absolute atomic E-state index is 0.142. The SMILES string of the molecule is CC(Nc1nc(Cl)nc2c1cnn2[C@@H]1O[C@H](COC(C)(CO)P(=O)(O)O)[C@@H](O)[C@H]1O)c1ccc(F)cc1. The summed E-state index contributed by atoms with van der Waals surface area (Å²) in [7, 11) is -4.87. The normalized spacial score (nSPS) is 24.8. The van der Waals surface area contributed by atoms with Gasteiger partial charge in [-0.2, -0.15) is 15.1 Å². The van der Waals surface area contributed by atoms with Crippen molar-refractivity contribution >= 4 is 36.0 Å². The number of aromatic nitrogens is 4. The summed E-state index contributed by atoms with van der Waals surface area (Å²) in [4.78, 5) is 27.3. The van der Waals surface area contributed by atoms with Gasteiger partial charge in [0.1, 0.15) is 29.9 Å². The molecule has 1 aliphatic heterocycles. The fourth-order valence-corrected chi connectivity index (χ4v) is 4.38. The van der Waals surface area contributed by atoms with Crippen molar-refractivity contribution in [3.8, 4) is 0 Å². The van der Waals surface area contributed by atoms with Gasteiger partial charge in [-0.05, 0) is 43.1 Å². The van der Waals surface area contributed by atoms with Crippen molar-refractivity contribution in [1.29, 1.82) is 0 Å². The predicted molar refractivity (Wildman–Crippen MR) is 128 cm³/mol. The number of benzene rings is 1. The van der Waals surface area contributed by atoms with Gasteiger partial charge in [-0.3, -0.25) is 4.57 Å². The molecule has 4 rings (SSSR count). The van der Waals surface area contributed by atoms with E-state index >= 15 is 0 Å². The number of rotatable bonds is 9. The van der Waals surface area contributed by atoms with Gasteiger partial charge in [-0.25, -0.2) is 9.07 Å². The summed E-state index contributed by atoms with van der Waals surface area (Å²) in [6.45, 7) is 1.32. The number of nitrogens with zero attached hydrogens (tertiary/aromatic N) is 4. The van der Waals surface area contributed by atoms with Crippen molar-refractivity contribution in [2.24, 2.45) is 0 Å². The first kappa shape index (κ1) is 27.8. The van der Waals surface area contributed by atoms with E-state index in [1.807, 2.05) is 6.92 Å². The van der Waals surface area contributed by atoms with Crippen LogP contribution in [0.5, 0.6) is 0 Å².